The van der Waals surface area contributed by atoms with Gasteiger partial charge >= 0.3 is 0 Å². The van der Waals surface area contributed by atoms with Gasteiger partial charge in [-0.15, -0.1) is 0 Å². The quantitative estimate of drug-likeness (QED) is 0.475. The summed E-state index contributed by atoms with van der Waals surface area (Å²) in [5.74, 6) is 3.24. The number of unbranched alkanes of at least 4 members (excludes halogenated alkanes) is 1. The molecule has 4 saturated carbocycles. The molecule has 1 heterocycles. The van der Waals surface area contributed by atoms with Gasteiger partial charge in [-0.25, -0.2) is 4.39 Å². The van der Waals surface area contributed by atoms with Crippen molar-refractivity contribution in [1.82, 2.24) is 0 Å². The summed E-state index contributed by atoms with van der Waals surface area (Å²) < 4.78 is 21.0. The second-order valence-electron chi connectivity index (χ2n) is 11.5. The molecule has 2 aromatic rings. The van der Waals surface area contributed by atoms with E-state index in [4.69, 9.17) is 9.73 Å². The number of fused-ring (bicyclic) bond motifs is 1. The molecule has 5 aliphatic rings. The van der Waals surface area contributed by atoms with E-state index in [0.29, 0.717) is 5.69 Å². The number of anilines is 1. The first kappa shape index (κ1) is 22.1. The molecule has 1 aliphatic heterocycles. The molecule has 1 atom stereocenters. The molecule has 0 saturated heterocycles. The van der Waals surface area contributed by atoms with E-state index in [-0.39, 0.29) is 17.4 Å². The van der Waals surface area contributed by atoms with Gasteiger partial charge in [0.05, 0.1) is 24.6 Å². The number of aliphatic imine (C=N–C) groups is 1. The van der Waals surface area contributed by atoms with Crippen molar-refractivity contribution in [3.05, 3.63) is 58.9 Å². The summed E-state index contributed by atoms with van der Waals surface area (Å²) in [5, 5.41) is 3.72. The maximum absolute atomic E-state index is 15.5. The standard InChI is InChI=1S/C30H37FN2O/c1-3-4-5-24-13-23-14-25(34-2)7-8-26(23)29(32-24)22-6-9-28(27(31)15-22)33-30-16-19-10-20(17-30)12-21(11-19)18-30/h6-9,14-15,19-21,24,33H,3-5,10-13,16-18H2,1-2H3/t19?,20?,21?,24-,30?/m0/s1. The van der Waals surface area contributed by atoms with Gasteiger partial charge in [0, 0.05) is 16.7 Å². The van der Waals surface area contributed by atoms with E-state index < -0.39 is 0 Å². The van der Waals surface area contributed by atoms with E-state index in [2.05, 4.69) is 30.4 Å². The van der Waals surface area contributed by atoms with Crippen LogP contribution in [0.4, 0.5) is 10.1 Å². The molecular weight excluding hydrogens is 423 g/mol. The number of halogens is 1. The molecule has 180 valence electrons. The molecule has 4 heteroatoms. The number of ether oxygens (including phenoxy) is 1. The van der Waals surface area contributed by atoms with Gasteiger partial charge in [-0.05, 0) is 105 Å². The topological polar surface area (TPSA) is 33.6 Å². The van der Waals surface area contributed by atoms with Crippen molar-refractivity contribution in [1.29, 1.82) is 0 Å². The molecule has 4 aliphatic carbocycles. The Hall–Kier alpha value is -2.36. The summed E-state index contributed by atoms with van der Waals surface area (Å²) in [5.41, 5.74) is 4.93. The van der Waals surface area contributed by atoms with Crippen LogP contribution in [0.15, 0.2) is 41.4 Å². The molecule has 0 amide bonds. The molecule has 7 rings (SSSR count). The van der Waals surface area contributed by atoms with Crippen molar-refractivity contribution in [2.45, 2.75) is 82.7 Å². The molecule has 4 bridgehead atoms. The molecule has 0 aromatic heterocycles. The van der Waals surface area contributed by atoms with Gasteiger partial charge in [0.15, 0.2) is 0 Å². The zero-order valence-electron chi connectivity index (χ0n) is 20.6. The van der Waals surface area contributed by atoms with Gasteiger partial charge in [0.1, 0.15) is 11.6 Å². The minimum absolute atomic E-state index is 0.105. The number of hydrogen-bond donors (Lipinski definition) is 1. The van der Waals surface area contributed by atoms with Crippen molar-refractivity contribution in [2.75, 3.05) is 12.4 Å². The zero-order chi connectivity index (χ0) is 23.3. The van der Waals surface area contributed by atoms with Crippen LogP contribution >= 0.6 is 0 Å². The highest BCUT2D eigenvalue weighted by atomic mass is 19.1. The molecule has 1 N–H and O–H groups in total. The maximum atomic E-state index is 15.5. The van der Waals surface area contributed by atoms with Crippen LogP contribution in [-0.4, -0.2) is 24.4 Å². The van der Waals surface area contributed by atoms with Crippen molar-refractivity contribution in [2.24, 2.45) is 22.7 Å². The minimum atomic E-state index is -0.151. The van der Waals surface area contributed by atoms with Crippen LogP contribution in [0.25, 0.3) is 0 Å². The molecule has 0 unspecified atom stereocenters. The monoisotopic (exact) mass is 460 g/mol. The largest absolute Gasteiger partial charge is 0.497 e. The highest BCUT2D eigenvalue weighted by Gasteiger charge is 2.51. The van der Waals surface area contributed by atoms with Crippen LogP contribution in [0, 0.1) is 23.6 Å². The Morgan fingerprint density at radius 2 is 1.76 bits per heavy atom. The second kappa shape index (κ2) is 8.70. The average Bonchev–Trinajstić information content (AvgIpc) is 2.82. The molecule has 3 nitrogen and oxygen atoms in total. The fraction of sp³-hybridized carbons (Fsp3) is 0.567. The van der Waals surface area contributed by atoms with E-state index in [0.717, 1.165) is 66.0 Å². The van der Waals surface area contributed by atoms with Crippen molar-refractivity contribution in [3.63, 3.8) is 0 Å². The summed E-state index contributed by atoms with van der Waals surface area (Å²) in [6, 6.07) is 12.2. The van der Waals surface area contributed by atoms with Crippen molar-refractivity contribution >= 4 is 11.4 Å². The van der Waals surface area contributed by atoms with Gasteiger partial charge in [-0.2, -0.15) is 0 Å². The maximum Gasteiger partial charge on any atom is 0.146 e. The molecule has 34 heavy (non-hydrogen) atoms. The Morgan fingerprint density at radius 1 is 1.03 bits per heavy atom. The Bertz CT molecular complexity index is 1070. The Morgan fingerprint density at radius 3 is 2.41 bits per heavy atom. The number of nitrogens with zero attached hydrogens (tertiary/aromatic N) is 1. The Labute approximate surface area is 203 Å². The summed E-state index contributed by atoms with van der Waals surface area (Å²) in [4.78, 5) is 5.13. The van der Waals surface area contributed by atoms with E-state index >= 15 is 4.39 Å². The fourth-order valence-corrected chi connectivity index (χ4v) is 7.80. The predicted octanol–water partition coefficient (Wildman–Crippen LogP) is 7.17. The van der Waals surface area contributed by atoms with Crippen LogP contribution in [0.1, 0.15) is 81.4 Å². The summed E-state index contributed by atoms with van der Waals surface area (Å²) in [6.45, 7) is 2.22. The lowest BCUT2D eigenvalue weighted by molar-refractivity contribution is 0.0106. The van der Waals surface area contributed by atoms with Crippen LogP contribution < -0.4 is 10.1 Å². The number of hydrogen-bond acceptors (Lipinski definition) is 3. The van der Waals surface area contributed by atoms with Gasteiger partial charge in [-0.1, -0.05) is 25.8 Å². The van der Waals surface area contributed by atoms with E-state index in [1.165, 1.54) is 44.1 Å². The van der Waals surface area contributed by atoms with Crippen LogP contribution in [0.2, 0.25) is 0 Å². The number of rotatable bonds is 7. The third-order valence-electron chi connectivity index (χ3n) is 8.91. The number of nitrogens with one attached hydrogen (secondary N) is 1. The smallest absolute Gasteiger partial charge is 0.146 e. The van der Waals surface area contributed by atoms with Crippen LogP contribution in [-0.2, 0) is 6.42 Å². The molecule has 4 fully saturated rings. The molecule has 0 spiro atoms. The second-order valence-corrected chi connectivity index (χ2v) is 11.5. The third-order valence-corrected chi connectivity index (χ3v) is 8.91. The van der Waals surface area contributed by atoms with Crippen molar-refractivity contribution in [3.8, 4) is 5.75 Å². The highest BCUT2D eigenvalue weighted by molar-refractivity contribution is 6.14. The molecule has 2 aromatic carbocycles. The molecule has 0 radical (unpaired) electrons. The van der Waals surface area contributed by atoms with Crippen LogP contribution in [0.5, 0.6) is 5.75 Å². The lowest BCUT2D eigenvalue weighted by Gasteiger charge is -2.57. The van der Waals surface area contributed by atoms with Crippen molar-refractivity contribution < 1.29 is 9.13 Å². The molecular formula is C30H37FN2O. The van der Waals surface area contributed by atoms with Gasteiger partial charge < -0.3 is 10.1 Å². The Balaban J connectivity index is 1.29. The van der Waals surface area contributed by atoms with Gasteiger partial charge in [-0.3, -0.25) is 4.99 Å². The highest BCUT2D eigenvalue weighted by Crippen LogP contribution is 2.56. The zero-order valence-corrected chi connectivity index (χ0v) is 20.6. The van der Waals surface area contributed by atoms with Gasteiger partial charge in [0.2, 0.25) is 0 Å². The van der Waals surface area contributed by atoms with Gasteiger partial charge in [0.25, 0.3) is 0 Å². The van der Waals surface area contributed by atoms with E-state index in [9.17, 15) is 0 Å². The lowest BCUT2D eigenvalue weighted by Crippen LogP contribution is -2.54. The Kier molecular flexibility index (Phi) is 5.66. The van der Waals surface area contributed by atoms with Crippen LogP contribution in [0.3, 0.4) is 0 Å². The third kappa shape index (κ3) is 4.03. The van der Waals surface area contributed by atoms with E-state index in [1.54, 1.807) is 13.2 Å². The lowest BCUT2D eigenvalue weighted by atomic mass is 9.53. The predicted molar refractivity (Wildman–Crippen MR) is 137 cm³/mol. The van der Waals surface area contributed by atoms with E-state index in [1.807, 2.05) is 12.1 Å². The average molecular weight is 461 g/mol. The summed E-state index contributed by atoms with van der Waals surface area (Å²) in [6.07, 6.45) is 12.1. The first-order chi connectivity index (χ1) is 16.5. The summed E-state index contributed by atoms with van der Waals surface area (Å²) in [7, 11) is 1.71. The SMILES string of the molecule is CCCC[C@H]1Cc2cc(OC)ccc2C(c2ccc(NC34CC5CC(CC(C5)C3)C4)c(F)c2)=N1. The normalized spacial score (nSPS) is 31.2. The number of methoxy groups -OCH3 is 1. The first-order valence-corrected chi connectivity index (χ1v) is 13.4. The summed E-state index contributed by atoms with van der Waals surface area (Å²) >= 11 is 0. The number of benzene rings is 2. The first-order valence-electron chi connectivity index (χ1n) is 13.4. The fourth-order valence-electron chi connectivity index (χ4n) is 7.80. The minimum Gasteiger partial charge on any atom is -0.497 e.